The number of nitrogens with zero attached hydrogens (tertiary/aromatic N) is 1. The Morgan fingerprint density at radius 3 is 2.47 bits per heavy atom. The van der Waals surface area contributed by atoms with Crippen LogP contribution in [0.1, 0.15) is 16.6 Å². The summed E-state index contributed by atoms with van der Waals surface area (Å²) in [5.74, 6) is 1.59. The molecular formula is C11H14ClNO2. The van der Waals surface area contributed by atoms with E-state index in [0.29, 0.717) is 6.79 Å². The molecule has 0 radical (unpaired) electrons. The number of halogens is 1. The molecule has 0 aliphatic carbocycles. The summed E-state index contributed by atoms with van der Waals surface area (Å²) in [6, 6.07) is 3.92. The lowest BCUT2D eigenvalue weighted by Gasteiger charge is -2.20. The summed E-state index contributed by atoms with van der Waals surface area (Å²) >= 11 is 6.28. The number of alkyl halides is 1. The van der Waals surface area contributed by atoms with Crippen LogP contribution in [0, 0.1) is 6.92 Å². The molecule has 1 atom stereocenters. The molecule has 1 aliphatic rings. The number of rotatable bonds is 2. The van der Waals surface area contributed by atoms with Crippen molar-refractivity contribution < 1.29 is 9.47 Å². The highest BCUT2D eigenvalue weighted by molar-refractivity contribution is 6.20. The number of benzene rings is 1. The summed E-state index contributed by atoms with van der Waals surface area (Å²) in [7, 11) is 3.89. The van der Waals surface area contributed by atoms with Gasteiger partial charge in [0.15, 0.2) is 11.5 Å². The van der Waals surface area contributed by atoms with Gasteiger partial charge in [0.1, 0.15) is 5.50 Å². The van der Waals surface area contributed by atoms with E-state index < -0.39 is 0 Å². The van der Waals surface area contributed by atoms with E-state index in [1.165, 1.54) is 0 Å². The summed E-state index contributed by atoms with van der Waals surface area (Å²) in [5, 5.41) is 0. The maximum absolute atomic E-state index is 6.28. The van der Waals surface area contributed by atoms with Gasteiger partial charge in [-0.15, -0.1) is 11.6 Å². The Labute approximate surface area is 94.5 Å². The van der Waals surface area contributed by atoms with E-state index in [4.69, 9.17) is 21.1 Å². The Hall–Kier alpha value is -0.930. The van der Waals surface area contributed by atoms with Gasteiger partial charge in [-0.3, -0.25) is 4.90 Å². The average molecular weight is 228 g/mol. The van der Waals surface area contributed by atoms with Crippen molar-refractivity contribution in [3.63, 3.8) is 0 Å². The Morgan fingerprint density at radius 1 is 1.27 bits per heavy atom. The van der Waals surface area contributed by atoms with E-state index in [1.54, 1.807) is 0 Å². The summed E-state index contributed by atoms with van der Waals surface area (Å²) in [6.07, 6.45) is 0. The van der Waals surface area contributed by atoms with E-state index in [9.17, 15) is 0 Å². The van der Waals surface area contributed by atoms with Crippen LogP contribution in [-0.4, -0.2) is 25.8 Å². The largest absolute Gasteiger partial charge is 0.454 e. The van der Waals surface area contributed by atoms with Crippen LogP contribution < -0.4 is 9.47 Å². The Balaban J connectivity index is 2.40. The molecule has 1 aliphatic heterocycles. The van der Waals surface area contributed by atoms with Gasteiger partial charge in [0.2, 0.25) is 6.79 Å². The monoisotopic (exact) mass is 227 g/mol. The van der Waals surface area contributed by atoms with Crippen molar-refractivity contribution in [2.75, 3.05) is 20.9 Å². The topological polar surface area (TPSA) is 21.7 Å². The highest BCUT2D eigenvalue weighted by Gasteiger charge is 2.20. The Morgan fingerprint density at radius 2 is 1.87 bits per heavy atom. The number of hydrogen-bond donors (Lipinski definition) is 0. The number of ether oxygens (including phenoxy) is 2. The lowest BCUT2D eigenvalue weighted by atomic mass is 10.1. The molecule has 0 saturated carbocycles. The highest BCUT2D eigenvalue weighted by atomic mass is 35.5. The van der Waals surface area contributed by atoms with Crippen molar-refractivity contribution in [3.05, 3.63) is 23.3 Å². The van der Waals surface area contributed by atoms with Crippen molar-refractivity contribution in [3.8, 4) is 11.5 Å². The van der Waals surface area contributed by atoms with Gasteiger partial charge in [-0.25, -0.2) is 0 Å². The summed E-state index contributed by atoms with van der Waals surface area (Å²) < 4.78 is 10.6. The standard InChI is InChI=1S/C11H14ClNO2/c1-7-4-9-10(15-6-14-9)5-8(7)11(12)13(2)3/h4-5,11H,6H2,1-3H3. The molecule has 1 unspecified atom stereocenters. The van der Waals surface area contributed by atoms with Gasteiger partial charge in [-0.2, -0.15) is 0 Å². The molecule has 4 heteroatoms. The predicted octanol–water partition coefficient (Wildman–Crippen LogP) is 2.52. The maximum atomic E-state index is 6.28. The third-order valence-corrected chi connectivity index (χ3v) is 3.10. The van der Waals surface area contributed by atoms with Crippen LogP contribution in [0.15, 0.2) is 12.1 Å². The molecule has 0 saturated heterocycles. The Kier molecular flexibility index (Phi) is 2.76. The Bertz CT molecular complexity index is 379. The molecule has 0 N–H and O–H groups in total. The van der Waals surface area contributed by atoms with Gasteiger partial charge in [-0.05, 0) is 44.3 Å². The molecule has 0 bridgehead atoms. The molecule has 0 fully saturated rings. The van der Waals surface area contributed by atoms with Crippen LogP contribution in [0.4, 0.5) is 0 Å². The second-order valence-electron chi connectivity index (χ2n) is 3.86. The van der Waals surface area contributed by atoms with Gasteiger partial charge in [-0.1, -0.05) is 0 Å². The first-order valence-electron chi connectivity index (χ1n) is 4.80. The van der Waals surface area contributed by atoms with E-state index in [2.05, 4.69) is 0 Å². The third kappa shape index (κ3) is 1.90. The molecule has 1 aromatic carbocycles. The fourth-order valence-electron chi connectivity index (χ4n) is 1.59. The normalized spacial score (nSPS) is 15.8. The first-order valence-corrected chi connectivity index (χ1v) is 5.24. The van der Waals surface area contributed by atoms with Crippen LogP contribution >= 0.6 is 11.6 Å². The van der Waals surface area contributed by atoms with Crippen molar-refractivity contribution in [1.29, 1.82) is 0 Å². The van der Waals surface area contributed by atoms with E-state index in [0.717, 1.165) is 22.6 Å². The zero-order valence-electron chi connectivity index (χ0n) is 9.08. The molecule has 3 nitrogen and oxygen atoms in total. The van der Waals surface area contributed by atoms with Gasteiger partial charge in [0.05, 0.1) is 0 Å². The molecule has 0 spiro atoms. The first kappa shape index (κ1) is 10.6. The van der Waals surface area contributed by atoms with Gasteiger partial charge in [0, 0.05) is 0 Å². The number of fused-ring (bicyclic) bond motifs is 1. The minimum Gasteiger partial charge on any atom is -0.454 e. The van der Waals surface area contributed by atoms with E-state index in [-0.39, 0.29) is 5.50 Å². The van der Waals surface area contributed by atoms with E-state index >= 15 is 0 Å². The molecular weight excluding hydrogens is 214 g/mol. The highest BCUT2D eigenvalue weighted by Crippen LogP contribution is 2.38. The van der Waals surface area contributed by atoms with Crippen LogP contribution in [0.25, 0.3) is 0 Å². The van der Waals surface area contributed by atoms with Crippen molar-refractivity contribution in [2.24, 2.45) is 0 Å². The average Bonchev–Trinajstić information content (AvgIpc) is 2.62. The molecule has 82 valence electrons. The van der Waals surface area contributed by atoms with Gasteiger partial charge in [0.25, 0.3) is 0 Å². The van der Waals surface area contributed by atoms with Crippen LogP contribution in [-0.2, 0) is 0 Å². The van der Waals surface area contributed by atoms with Crippen molar-refractivity contribution in [2.45, 2.75) is 12.4 Å². The predicted molar refractivity (Wildman–Crippen MR) is 59.6 cm³/mol. The number of aryl methyl sites for hydroxylation is 1. The van der Waals surface area contributed by atoms with Crippen molar-refractivity contribution >= 4 is 11.6 Å². The molecule has 0 amide bonds. The molecule has 2 rings (SSSR count). The fraction of sp³-hybridized carbons (Fsp3) is 0.455. The quantitative estimate of drug-likeness (QED) is 0.573. The molecule has 15 heavy (non-hydrogen) atoms. The third-order valence-electron chi connectivity index (χ3n) is 2.47. The lowest BCUT2D eigenvalue weighted by molar-refractivity contribution is 0.174. The second kappa shape index (κ2) is 3.91. The van der Waals surface area contributed by atoms with Crippen molar-refractivity contribution in [1.82, 2.24) is 4.90 Å². The van der Waals surface area contributed by atoms with Crippen LogP contribution in [0.5, 0.6) is 11.5 Å². The zero-order chi connectivity index (χ0) is 11.0. The maximum Gasteiger partial charge on any atom is 0.231 e. The second-order valence-corrected chi connectivity index (χ2v) is 4.27. The zero-order valence-corrected chi connectivity index (χ0v) is 9.84. The first-order chi connectivity index (χ1) is 7.09. The molecule has 1 aromatic rings. The molecule has 1 heterocycles. The minimum absolute atomic E-state index is 0.139. The lowest BCUT2D eigenvalue weighted by Crippen LogP contribution is -2.15. The minimum atomic E-state index is -0.139. The van der Waals surface area contributed by atoms with Gasteiger partial charge >= 0.3 is 0 Å². The van der Waals surface area contributed by atoms with E-state index in [1.807, 2.05) is 38.1 Å². The van der Waals surface area contributed by atoms with Gasteiger partial charge < -0.3 is 9.47 Å². The van der Waals surface area contributed by atoms with Crippen LogP contribution in [0.2, 0.25) is 0 Å². The smallest absolute Gasteiger partial charge is 0.231 e. The number of hydrogen-bond acceptors (Lipinski definition) is 3. The SMILES string of the molecule is Cc1cc2c(cc1C(Cl)N(C)C)OCO2. The fourth-order valence-corrected chi connectivity index (χ4v) is 1.83. The summed E-state index contributed by atoms with van der Waals surface area (Å²) in [4.78, 5) is 1.95. The summed E-state index contributed by atoms with van der Waals surface area (Å²) in [5.41, 5.74) is 2.04. The summed E-state index contributed by atoms with van der Waals surface area (Å²) in [6.45, 7) is 2.32. The van der Waals surface area contributed by atoms with Crippen LogP contribution in [0.3, 0.4) is 0 Å². The molecule has 0 aromatic heterocycles.